The van der Waals surface area contributed by atoms with Crippen LogP contribution in [-0.4, -0.2) is 40.3 Å². The monoisotopic (exact) mass is 290 g/mol. The van der Waals surface area contributed by atoms with E-state index >= 15 is 0 Å². The molecule has 3 heterocycles. The molecule has 0 saturated carbocycles. The van der Waals surface area contributed by atoms with Crippen molar-refractivity contribution in [1.29, 1.82) is 0 Å². The summed E-state index contributed by atoms with van der Waals surface area (Å²) in [7, 11) is 3.90. The van der Waals surface area contributed by atoms with Crippen LogP contribution >= 0.6 is 11.3 Å². The van der Waals surface area contributed by atoms with E-state index in [9.17, 15) is 4.79 Å². The van der Waals surface area contributed by atoms with Crippen LogP contribution in [0.4, 0.5) is 5.69 Å². The molecule has 0 atom stereocenters. The van der Waals surface area contributed by atoms with Gasteiger partial charge in [0.25, 0.3) is 5.56 Å². The van der Waals surface area contributed by atoms with Crippen molar-refractivity contribution in [2.45, 2.75) is 6.54 Å². The zero-order valence-electron chi connectivity index (χ0n) is 11.2. The van der Waals surface area contributed by atoms with Crippen molar-refractivity contribution < 1.29 is 5.11 Å². The Morgan fingerprint density at radius 2 is 2.20 bits per heavy atom. The fourth-order valence-corrected chi connectivity index (χ4v) is 3.28. The van der Waals surface area contributed by atoms with E-state index in [1.54, 1.807) is 6.20 Å². The summed E-state index contributed by atoms with van der Waals surface area (Å²) < 4.78 is 2.00. The maximum absolute atomic E-state index is 12.4. The molecule has 0 bridgehead atoms. The Morgan fingerprint density at radius 1 is 1.40 bits per heavy atom. The van der Waals surface area contributed by atoms with Crippen molar-refractivity contribution in [3.63, 3.8) is 0 Å². The van der Waals surface area contributed by atoms with Crippen molar-refractivity contribution >= 4 is 37.5 Å². The summed E-state index contributed by atoms with van der Waals surface area (Å²) in [5.74, 6) is 0. The van der Waals surface area contributed by atoms with Crippen LogP contribution in [0.5, 0.6) is 0 Å². The molecule has 0 aliphatic rings. The van der Waals surface area contributed by atoms with Gasteiger partial charge in [0.2, 0.25) is 0 Å². The highest BCUT2D eigenvalue weighted by atomic mass is 32.1. The molecule has 0 spiro atoms. The number of rotatable bonds is 3. The fraction of sp³-hybridized carbons (Fsp3) is 0.308. The Balaban J connectivity index is 2.41. The lowest BCUT2D eigenvalue weighted by Gasteiger charge is -2.13. The standard InChI is InChI=1S/C13H14N4O2S/c1-16(2)8-3-4-14-12-9(8)10-11(20-12)13(19)17(5-6-18)7-15-10/h3-4,7,18H,5-6H2,1-2H3. The molecule has 1 N–H and O–H groups in total. The molecule has 0 fully saturated rings. The number of aliphatic hydroxyl groups excluding tert-OH is 1. The number of aliphatic hydroxyl groups is 1. The number of fused-ring (bicyclic) bond motifs is 3. The average molecular weight is 290 g/mol. The third-order valence-corrected chi connectivity index (χ3v) is 4.22. The summed E-state index contributed by atoms with van der Waals surface area (Å²) in [6.07, 6.45) is 3.22. The second-order valence-corrected chi connectivity index (χ2v) is 5.65. The molecule has 20 heavy (non-hydrogen) atoms. The van der Waals surface area contributed by atoms with E-state index in [0.717, 1.165) is 15.9 Å². The molecule has 7 heteroatoms. The molecule has 3 rings (SSSR count). The molecule has 3 aromatic rings. The predicted molar refractivity (Wildman–Crippen MR) is 80.6 cm³/mol. The minimum atomic E-state index is -0.128. The molecule has 104 valence electrons. The number of nitrogens with zero attached hydrogens (tertiary/aromatic N) is 4. The topological polar surface area (TPSA) is 71.2 Å². The van der Waals surface area contributed by atoms with Gasteiger partial charge in [-0.05, 0) is 6.07 Å². The van der Waals surface area contributed by atoms with Crippen LogP contribution in [0.3, 0.4) is 0 Å². The molecule has 3 aromatic heterocycles. The van der Waals surface area contributed by atoms with Gasteiger partial charge in [-0.25, -0.2) is 9.97 Å². The molecule has 0 unspecified atom stereocenters. The van der Waals surface area contributed by atoms with Gasteiger partial charge in [-0.15, -0.1) is 11.3 Å². The maximum Gasteiger partial charge on any atom is 0.271 e. The van der Waals surface area contributed by atoms with Gasteiger partial charge < -0.3 is 10.0 Å². The van der Waals surface area contributed by atoms with Crippen LogP contribution in [0.15, 0.2) is 23.4 Å². The summed E-state index contributed by atoms with van der Waals surface area (Å²) in [6.45, 7) is 0.170. The van der Waals surface area contributed by atoms with E-state index < -0.39 is 0 Å². The quantitative estimate of drug-likeness (QED) is 0.781. The van der Waals surface area contributed by atoms with Gasteiger partial charge in [-0.1, -0.05) is 0 Å². The second kappa shape index (κ2) is 4.84. The number of aromatic nitrogens is 3. The van der Waals surface area contributed by atoms with E-state index in [1.165, 1.54) is 22.2 Å². The second-order valence-electron chi connectivity index (χ2n) is 4.65. The number of pyridine rings is 1. The highest BCUT2D eigenvalue weighted by Crippen LogP contribution is 2.34. The summed E-state index contributed by atoms with van der Waals surface area (Å²) >= 11 is 1.34. The van der Waals surface area contributed by atoms with Crippen LogP contribution in [0.2, 0.25) is 0 Å². The molecule has 6 nitrogen and oxygen atoms in total. The number of anilines is 1. The smallest absolute Gasteiger partial charge is 0.271 e. The van der Waals surface area contributed by atoms with Gasteiger partial charge >= 0.3 is 0 Å². The maximum atomic E-state index is 12.4. The van der Waals surface area contributed by atoms with Gasteiger partial charge in [0, 0.05) is 20.3 Å². The summed E-state index contributed by atoms with van der Waals surface area (Å²) in [5.41, 5.74) is 1.55. The molecule has 0 aliphatic heterocycles. The van der Waals surface area contributed by atoms with Crippen LogP contribution < -0.4 is 10.5 Å². The molecule has 0 amide bonds. The van der Waals surface area contributed by atoms with Gasteiger partial charge in [-0.3, -0.25) is 9.36 Å². The van der Waals surface area contributed by atoms with Crippen LogP contribution in [-0.2, 0) is 6.54 Å². The average Bonchev–Trinajstić information content (AvgIpc) is 2.81. The van der Waals surface area contributed by atoms with Crippen molar-refractivity contribution in [3.8, 4) is 0 Å². The molecular weight excluding hydrogens is 276 g/mol. The minimum absolute atomic E-state index is 0.0841. The molecule has 0 radical (unpaired) electrons. The number of hydrogen-bond donors (Lipinski definition) is 1. The Morgan fingerprint density at radius 3 is 2.90 bits per heavy atom. The van der Waals surface area contributed by atoms with Crippen molar-refractivity contribution in [1.82, 2.24) is 14.5 Å². The number of hydrogen-bond acceptors (Lipinski definition) is 6. The summed E-state index contributed by atoms with van der Waals surface area (Å²) in [4.78, 5) is 23.9. The molecule has 0 saturated heterocycles. The first-order valence-corrected chi connectivity index (χ1v) is 7.00. The van der Waals surface area contributed by atoms with Crippen molar-refractivity contribution in [2.24, 2.45) is 0 Å². The van der Waals surface area contributed by atoms with Crippen LogP contribution in [0.1, 0.15) is 0 Å². The Labute approximate surface area is 118 Å². The zero-order valence-corrected chi connectivity index (χ0v) is 12.0. The van der Waals surface area contributed by atoms with Gasteiger partial charge in [0.15, 0.2) is 0 Å². The van der Waals surface area contributed by atoms with Gasteiger partial charge in [-0.2, -0.15) is 0 Å². The Bertz CT molecular complexity index is 837. The van der Waals surface area contributed by atoms with E-state index in [0.29, 0.717) is 10.2 Å². The molecule has 0 aromatic carbocycles. The third kappa shape index (κ3) is 1.86. The van der Waals surface area contributed by atoms with Crippen molar-refractivity contribution in [2.75, 3.05) is 25.6 Å². The first-order valence-electron chi connectivity index (χ1n) is 6.18. The third-order valence-electron chi connectivity index (χ3n) is 3.15. The van der Waals surface area contributed by atoms with Gasteiger partial charge in [0.1, 0.15) is 9.53 Å². The highest BCUT2D eigenvalue weighted by molar-refractivity contribution is 7.25. The van der Waals surface area contributed by atoms with Crippen LogP contribution in [0.25, 0.3) is 20.4 Å². The Kier molecular flexibility index (Phi) is 3.15. The first kappa shape index (κ1) is 13.0. The fourth-order valence-electron chi connectivity index (χ4n) is 2.21. The molecule has 0 aliphatic carbocycles. The normalized spacial score (nSPS) is 11.3. The summed E-state index contributed by atoms with van der Waals surface area (Å²) in [6, 6.07) is 1.91. The summed E-state index contributed by atoms with van der Waals surface area (Å²) in [5, 5.41) is 9.88. The SMILES string of the molecule is CN(C)c1ccnc2sc3c(=O)n(CCO)cnc3c12. The van der Waals surface area contributed by atoms with Crippen LogP contribution in [0, 0.1) is 0 Å². The largest absolute Gasteiger partial charge is 0.395 e. The first-order chi connectivity index (χ1) is 9.63. The molecular formula is C13H14N4O2S. The van der Waals surface area contributed by atoms with E-state index in [2.05, 4.69) is 9.97 Å². The van der Waals surface area contributed by atoms with E-state index in [-0.39, 0.29) is 18.7 Å². The lowest BCUT2D eigenvalue weighted by molar-refractivity contribution is 0.274. The minimum Gasteiger partial charge on any atom is -0.395 e. The van der Waals surface area contributed by atoms with Gasteiger partial charge in [0.05, 0.1) is 36.1 Å². The highest BCUT2D eigenvalue weighted by Gasteiger charge is 2.16. The lowest BCUT2D eigenvalue weighted by atomic mass is 10.2. The Hall–Kier alpha value is -1.99. The number of thiophene rings is 1. The predicted octanol–water partition coefficient (Wildman–Crippen LogP) is 1.06. The van der Waals surface area contributed by atoms with Crippen molar-refractivity contribution in [3.05, 3.63) is 28.9 Å². The zero-order chi connectivity index (χ0) is 14.3. The van der Waals surface area contributed by atoms with E-state index in [1.807, 2.05) is 25.1 Å². The van der Waals surface area contributed by atoms with E-state index in [4.69, 9.17) is 5.11 Å². The lowest BCUT2D eigenvalue weighted by Crippen LogP contribution is -2.21.